The zero-order chi connectivity index (χ0) is 13.1. The Kier molecular flexibility index (Phi) is 4.04. The summed E-state index contributed by atoms with van der Waals surface area (Å²) in [7, 11) is 0. The quantitative estimate of drug-likeness (QED) is 0.669. The third kappa shape index (κ3) is 3.11. The number of amidine groups is 1. The van der Waals surface area contributed by atoms with Crippen LogP contribution in [0.3, 0.4) is 0 Å². The zero-order valence-corrected chi connectivity index (χ0v) is 11.6. The number of carbonyl (C=O) groups excluding carboxylic acids is 1. The van der Waals surface area contributed by atoms with Gasteiger partial charge >= 0.3 is 0 Å². The van der Waals surface area contributed by atoms with Crippen molar-refractivity contribution >= 4 is 40.7 Å². The monoisotopic (exact) mass is 281 g/mol. The molecule has 0 aliphatic carbocycles. The van der Waals surface area contributed by atoms with Gasteiger partial charge in [0.15, 0.2) is 5.17 Å². The number of thioether (sulfide) groups is 1. The molecule has 1 aromatic rings. The van der Waals surface area contributed by atoms with Crippen molar-refractivity contribution in [3.8, 4) is 0 Å². The van der Waals surface area contributed by atoms with Crippen LogP contribution in [0.5, 0.6) is 0 Å². The van der Waals surface area contributed by atoms with E-state index in [1.807, 2.05) is 26.0 Å². The second-order valence-electron chi connectivity index (χ2n) is 3.97. The molecule has 0 spiro atoms. The van der Waals surface area contributed by atoms with Gasteiger partial charge in [0.2, 0.25) is 5.91 Å². The molecule has 18 heavy (non-hydrogen) atoms. The minimum Gasteiger partial charge on any atom is -0.303 e. The first-order chi connectivity index (χ1) is 8.56. The summed E-state index contributed by atoms with van der Waals surface area (Å²) in [5, 5.41) is 11.7. The van der Waals surface area contributed by atoms with E-state index in [1.54, 1.807) is 6.21 Å². The number of aryl methyl sites for hydroxylation is 2. The lowest BCUT2D eigenvalue weighted by Gasteiger charge is -2.03. The van der Waals surface area contributed by atoms with Gasteiger partial charge in [-0.3, -0.25) is 4.79 Å². The molecule has 0 radical (unpaired) electrons. The molecule has 1 aromatic carbocycles. The highest BCUT2D eigenvalue weighted by Gasteiger charge is 2.15. The maximum absolute atomic E-state index is 10.9. The van der Waals surface area contributed by atoms with Gasteiger partial charge in [0, 0.05) is 5.56 Å². The van der Waals surface area contributed by atoms with Crippen molar-refractivity contribution in [2.45, 2.75) is 13.8 Å². The summed E-state index contributed by atoms with van der Waals surface area (Å²) in [6, 6.07) is 3.96. The van der Waals surface area contributed by atoms with Gasteiger partial charge in [-0.15, -0.1) is 5.10 Å². The summed E-state index contributed by atoms with van der Waals surface area (Å²) in [5.74, 6) is 0.358. The number of nitrogens with zero attached hydrogens (tertiary/aromatic N) is 2. The van der Waals surface area contributed by atoms with Gasteiger partial charge in [0.05, 0.1) is 17.0 Å². The van der Waals surface area contributed by atoms with Crippen molar-refractivity contribution in [1.29, 1.82) is 0 Å². The summed E-state index contributed by atoms with van der Waals surface area (Å²) < 4.78 is 0. The Hall–Kier alpha value is -1.33. The number of hydrogen-bond donors (Lipinski definition) is 1. The van der Waals surface area contributed by atoms with Crippen LogP contribution >= 0.6 is 23.4 Å². The molecule has 1 heterocycles. The lowest BCUT2D eigenvalue weighted by Crippen LogP contribution is -2.19. The Morgan fingerprint density at radius 3 is 2.89 bits per heavy atom. The van der Waals surface area contributed by atoms with E-state index in [9.17, 15) is 4.79 Å². The van der Waals surface area contributed by atoms with Crippen molar-refractivity contribution in [1.82, 2.24) is 5.32 Å². The van der Waals surface area contributed by atoms with Crippen LogP contribution in [0.1, 0.15) is 16.7 Å². The van der Waals surface area contributed by atoms with E-state index in [2.05, 4.69) is 15.5 Å². The molecule has 0 saturated carbocycles. The van der Waals surface area contributed by atoms with Crippen LogP contribution in [0.25, 0.3) is 0 Å². The molecule has 2 rings (SSSR count). The molecule has 0 unspecified atom stereocenters. The normalized spacial score (nSPS) is 17.7. The molecule has 1 amide bonds. The molecule has 1 aliphatic heterocycles. The number of amides is 1. The Bertz CT molecular complexity index is 554. The predicted molar refractivity (Wildman–Crippen MR) is 76.6 cm³/mol. The number of hydrogen-bond acceptors (Lipinski definition) is 4. The van der Waals surface area contributed by atoms with Crippen LogP contribution in [-0.4, -0.2) is 23.0 Å². The number of benzene rings is 1. The molecule has 94 valence electrons. The average Bonchev–Trinajstić information content (AvgIpc) is 2.71. The topological polar surface area (TPSA) is 53.8 Å². The third-order valence-electron chi connectivity index (χ3n) is 2.36. The maximum Gasteiger partial charge on any atom is 0.236 e. The van der Waals surface area contributed by atoms with Crippen LogP contribution < -0.4 is 5.32 Å². The molecule has 0 bridgehead atoms. The van der Waals surface area contributed by atoms with Gasteiger partial charge < -0.3 is 5.32 Å². The Morgan fingerprint density at radius 1 is 1.44 bits per heavy atom. The Balaban J connectivity index is 2.17. The van der Waals surface area contributed by atoms with Crippen LogP contribution in [0.15, 0.2) is 22.3 Å². The van der Waals surface area contributed by atoms with Crippen LogP contribution in [-0.2, 0) is 4.79 Å². The summed E-state index contributed by atoms with van der Waals surface area (Å²) >= 11 is 7.51. The van der Waals surface area contributed by atoms with E-state index < -0.39 is 0 Å². The fourth-order valence-electron chi connectivity index (χ4n) is 1.60. The molecule has 0 atom stereocenters. The lowest BCUT2D eigenvalue weighted by molar-refractivity contribution is -0.116. The molecule has 1 saturated heterocycles. The number of rotatable bonds is 2. The molecule has 1 fully saturated rings. The van der Waals surface area contributed by atoms with Gasteiger partial charge in [-0.2, -0.15) is 5.10 Å². The molecular formula is C12H12ClN3OS. The van der Waals surface area contributed by atoms with E-state index in [0.29, 0.717) is 15.9 Å². The molecule has 0 aromatic heterocycles. The number of halogens is 1. The van der Waals surface area contributed by atoms with Gasteiger partial charge in [0.25, 0.3) is 0 Å². The number of carbonyl (C=O) groups is 1. The number of nitrogens with one attached hydrogen (secondary N) is 1. The summed E-state index contributed by atoms with van der Waals surface area (Å²) in [6.45, 7) is 3.95. The first-order valence-corrected chi connectivity index (χ1v) is 6.73. The molecule has 6 heteroatoms. The Morgan fingerprint density at radius 2 is 2.22 bits per heavy atom. The van der Waals surface area contributed by atoms with E-state index in [1.165, 1.54) is 11.8 Å². The van der Waals surface area contributed by atoms with Crippen molar-refractivity contribution in [3.63, 3.8) is 0 Å². The van der Waals surface area contributed by atoms with E-state index in [0.717, 1.165) is 16.7 Å². The van der Waals surface area contributed by atoms with Crippen molar-refractivity contribution in [2.75, 3.05) is 5.75 Å². The Labute approximate surface area is 115 Å². The first-order valence-electron chi connectivity index (χ1n) is 5.36. The van der Waals surface area contributed by atoms with E-state index in [4.69, 9.17) is 11.6 Å². The largest absolute Gasteiger partial charge is 0.303 e. The fraction of sp³-hybridized carbons (Fsp3) is 0.250. The standard InChI is InChI=1S/C12H12ClN3OS/c1-7-3-8(2)11(13)9(4-7)5-14-16-12-15-10(17)6-18-12/h3-5H,6H2,1-2H3,(H,15,16,17). The summed E-state index contributed by atoms with van der Waals surface area (Å²) in [4.78, 5) is 10.9. The van der Waals surface area contributed by atoms with Crippen molar-refractivity contribution < 1.29 is 4.79 Å². The first kappa shape index (κ1) is 13.1. The SMILES string of the molecule is Cc1cc(C)c(Cl)c(C=NN=C2NC(=O)CS2)c1. The van der Waals surface area contributed by atoms with Crippen LogP contribution in [0.2, 0.25) is 5.02 Å². The van der Waals surface area contributed by atoms with Gasteiger partial charge in [-0.25, -0.2) is 0 Å². The van der Waals surface area contributed by atoms with E-state index >= 15 is 0 Å². The minimum absolute atomic E-state index is 0.0432. The minimum atomic E-state index is -0.0432. The molecule has 1 aliphatic rings. The predicted octanol–water partition coefficient (Wildman–Crippen LogP) is 2.51. The average molecular weight is 282 g/mol. The van der Waals surface area contributed by atoms with Gasteiger partial charge in [-0.05, 0) is 25.5 Å². The molecule has 4 nitrogen and oxygen atoms in total. The highest BCUT2D eigenvalue weighted by molar-refractivity contribution is 8.15. The van der Waals surface area contributed by atoms with Crippen LogP contribution in [0.4, 0.5) is 0 Å². The summed E-state index contributed by atoms with van der Waals surface area (Å²) in [5.41, 5.74) is 2.96. The fourth-order valence-corrected chi connectivity index (χ4v) is 2.39. The third-order valence-corrected chi connectivity index (χ3v) is 3.74. The second kappa shape index (κ2) is 5.54. The van der Waals surface area contributed by atoms with Crippen molar-refractivity contribution in [3.05, 3.63) is 33.8 Å². The van der Waals surface area contributed by atoms with Gasteiger partial charge in [-0.1, -0.05) is 35.0 Å². The van der Waals surface area contributed by atoms with Gasteiger partial charge in [0.1, 0.15) is 0 Å². The molecular weight excluding hydrogens is 270 g/mol. The zero-order valence-electron chi connectivity index (χ0n) is 10.0. The highest BCUT2D eigenvalue weighted by atomic mass is 35.5. The smallest absolute Gasteiger partial charge is 0.236 e. The lowest BCUT2D eigenvalue weighted by atomic mass is 10.1. The highest BCUT2D eigenvalue weighted by Crippen LogP contribution is 2.21. The second-order valence-corrected chi connectivity index (χ2v) is 5.31. The summed E-state index contributed by atoms with van der Waals surface area (Å²) in [6.07, 6.45) is 1.60. The van der Waals surface area contributed by atoms with Crippen molar-refractivity contribution in [2.24, 2.45) is 10.2 Å². The maximum atomic E-state index is 10.9. The molecule has 1 N–H and O–H groups in total. The van der Waals surface area contributed by atoms with E-state index in [-0.39, 0.29) is 5.91 Å². The van der Waals surface area contributed by atoms with Crippen LogP contribution in [0, 0.1) is 13.8 Å².